The van der Waals surface area contributed by atoms with Crippen LogP contribution in [0.1, 0.15) is 12.8 Å². The van der Waals surface area contributed by atoms with Crippen molar-refractivity contribution in [1.29, 1.82) is 0 Å². The van der Waals surface area contributed by atoms with Crippen LogP contribution in [-0.2, 0) is 19.6 Å². The quantitative estimate of drug-likeness (QED) is 0.667. The summed E-state index contributed by atoms with van der Waals surface area (Å²) in [6.07, 6.45) is 0.644. The minimum atomic E-state index is -3.79. The summed E-state index contributed by atoms with van der Waals surface area (Å²) in [7, 11) is -0.624. The van der Waals surface area contributed by atoms with Gasteiger partial charge in [-0.25, -0.2) is 13.1 Å². The first-order valence-corrected chi connectivity index (χ1v) is 9.64. The highest BCUT2D eigenvalue weighted by molar-refractivity contribution is 7.89. The third kappa shape index (κ3) is 5.60. The minimum Gasteiger partial charge on any atom is -0.490 e. The van der Waals surface area contributed by atoms with Gasteiger partial charge in [0.2, 0.25) is 21.8 Å². The van der Waals surface area contributed by atoms with Crippen molar-refractivity contribution in [3.63, 3.8) is 0 Å². The van der Waals surface area contributed by atoms with Crippen molar-refractivity contribution in [3.05, 3.63) is 18.2 Å². The van der Waals surface area contributed by atoms with E-state index >= 15 is 0 Å². The van der Waals surface area contributed by atoms with Crippen LogP contribution in [0.4, 0.5) is 0 Å². The van der Waals surface area contributed by atoms with Gasteiger partial charge in [-0.1, -0.05) is 0 Å². The number of carbonyl (C=O) groups is 2. The molecule has 0 saturated carbocycles. The Morgan fingerprint density at radius 1 is 1.15 bits per heavy atom. The molecule has 1 aromatic rings. The Kier molecular flexibility index (Phi) is 6.81. The van der Waals surface area contributed by atoms with Gasteiger partial charge in [-0.15, -0.1) is 0 Å². The molecule has 0 unspecified atom stereocenters. The molecular weight excluding hydrogens is 362 g/mol. The topological polar surface area (TPSA) is 114 Å². The first-order valence-electron chi connectivity index (χ1n) is 8.16. The number of benzene rings is 1. The van der Waals surface area contributed by atoms with Crippen LogP contribution in [0.2, 0.25) is 0 Å². The van der Waals surface area contributed by atoms with Crippen molar-refractivity contribution >= 4 is 21.8 Å². The number of ether oxygens (including phenoxy) is 2. The van der Waals surface area contributed by atoms with E-state index in [0.717, 1.165) is 6.42 Å². The molecule has 2 rings (SSSR count). The van der Waals surface area contributed by atoms with Gasteiger partial charge in [-0.05, 0) is 12.1 Å². The van der Waals surface area contributed by atoms with Gasteiger partial charge >= 0.3 is 0 Å². The van der Waals surface area contributed by atoms with E-state index in [2.05, 4.69) is 10.0 Å². The highest BCUT2D eigenvalue weighted by atomic mass is 32.2. The van der Waals surface area contributed by atoms with Crippen LogP contribution >= 0.6 is 0 Å². The van der Waals surface area contributed by atoms with Crippen molar-refractivity contribution in [2.45, 2.75) is 17.7 Å². The number of carbonyl (C=O) groups excluding carboxylic acids is 2. The highest BCUT2D eigenvalue weighted by Gasteiger charge is 2.19. The molecule has 1 aliphatic rings. The van der Waals surface area contributed by atoms with Crippen LogP contribution in [0.5, 0.6) is 11.5 Å². The van der Waals surface area contributed by atoms with Crippen molar-refractivity contribution in [3.8, 4) is 11.5 Å². The van der Waals surface area contributed by atoms with Crippen LogP contribution in [-0.4, -0.2) is 65.5 Å². The molecule has 26 heavy (non-hydrogen) atoms. The summed E-state index contributed by atoms with van der Waals surface area (Å²) in [6.45, 7) is 0.762. The fourth-order valence-electron chi connectivity index (χ4n) is 2.11. The molecule has 2 amide bonds. The van der Waals surface area contributed by atoms with E-state index in [9.17, 15) is 18.0 Å². The number of fused-ring (bicyclic) bond motifs is 1. The summed E-state index contributed by atoms with van der Waals surface area (Å²) in [5.74, 6) is 0.226. The molecule has 1 aromatic carbocycles. The third-order valence-corrected chi connectivity index (χ3v) is 5.07. The second-order valence-corrected chi connectivity index (χ2v) is 7.64. The van der Waals surface area contributed by atoms with Gasteiger partial charge < -0.3 is 19.7 Å². The molecule has 1 aliphatic heterocycles. The number of nitrogens with zero attached hydrogens (tertiary/aromatic N) is 1. The predicted molar refractivity (Wildman–Crippen MR) is 93.6 cm³/mol. The fraction of sp³-hybridized carbons (Fsp3) is 0.500. The largest absolute Gasteiger partial charge is 0.490 e. The Balaban J connectivity index is 1.88. The highest BCUT2D eigenvalue weighted by Crippen LogP contribution is 2.31. The summed E-state index contributed by atoms with van der Waals surface area (Å²) in [5, 5.41) is 2.44. The zero-order valence-electron chi connectivity index (χ0n) is 14.8. The third-order valence-electron chi connectivity index (χ3n) is 3.61. The summed E-state index contributed by atoms with van der Waals surface area (Å²) < 4.78 is 38.0. The van der Waals surface area contributed by atoms with Crippen LogP contribution < -0.4 is 19.5 Å². The van der Waals surface area contributed by atoms with E-state index in [0.29, 0.717) is 24.7 Å². The summed E-state index contributed by atoms with van der Waals surface area (Å²) in [4.78, 5) is 24.4. The fourth-order valence-corrected chi connectivity index (χ4v) is 3.16. The molecule has 2 N–H and O–H groups in total. The number of nitrogens with one attached hydrogen (secondary N) is 2. The molecule has 144 valence electrons. The molecule has 0 bridgehead atoms. The molecule has 0 saturated heterocycles. The lowest BCUT2D eigenvalue weighted by Crippen LogP contribution is -2.37. The van der Waals surface area contributed by atoms with Crippen molar-refractivity contribution in [1.82, 2.24) is 14.9 Å². The predicted octanol–water partition coefficient (Wildman–Crippen LogP) is -0.279. The van der Waals surface area contributed by atoms with Gasteiger partial charge in [-0.2, -0.15) is 0 Å². The first kappa shape index (κ1) is 20.0. The molecular formula is C16H23N3O6S. The van der Waals surface area contributed by atoms with E-state index < -0.39 is 15.9 Å². The van der Waals surface area contributed by atoms with Crippen LogP contribution in [0.25, 0.3) is 0 Å². The Hall–Kier alpha value is -2.33. The Labute approximate surface area is 152 Å². The maximum Gasteiger partial charge on any atom is 0.241 e. The number of sulfonamides is 1. The molecule has 0 aliphatic carbocycles. The standard InChI is InChI=1S/C16H23N3O6S/c1-19(2)16(21)11-17-15(20)6-7-18-26(22,23)12-4-5-13-14(10-12)25-9-3-8-24-13/h4-5,10,18H,3,6-9,11H2,1-2H3,(H,17,20). The van der Waals surface area contributed by atoms with Gasteiger partial charge in [0, 0.05) is 39.5 Å². The van der Waals surface area contributed by atoms with Crippen LogP contribution in [0.15, 0.2) is 23.1 Å². The lowest BCUT2D eigenvalue weighted by atomic mass is 10.3. The second-order valence-electron chi connectivity index (χ2n) is 5.87. The Morgan fingerprint density at radius 3 is 2.54 bits per heavy atom. The average molecular weight is 385 g/mol. The molecule has 10 heteroatoms. The van der Waals surface area contributed by atoms with E-state index in [1.165, 1.54) is 17.0 Å². The molecule has 9 nitrogen and oxygen atoms in total. The molecule has 0 aromatic heterocycles. The van der Waals surface area contributed by atoms with Gasteiger partial charge in [0.05, 0.1) is 24.7 Å². The molecule has 1 heterocycles. The van der Waals surface area contributed by atoms with Gasteiger partial charge in [0.1, 0.15) is 0 Å². The van der Waals surface area contributed by atoms with E-state index in [4.69, 9.17) is 9.47 Å². The SMILES string of the molecule is CN(C)C(=O)CNC(=O)CCNS(=O)(=O)c1ccc2c(c1)OCCCO2. The van der Waals surface area contributed by atoms with Gasteiger partial charge in [0.15, 0.2) is 11.5 Å². The summed E-state index contributed by atoms with van der Waals surface area (Å²) in [6, 6.07) is 4.37. The van der Waals surface area contributed by atoms with Crippen LogP contribution in [0.3, 0.4) is 0 Å². The number of hydrogen-bond acceptors (Lipinski definition) is 6. The van der Waals surface area contributed by atoms with Crippen LogP contribution in [0, 0.1) is 0 Å². The lowest BCUT2D eigenvalue weighted by Gasteiger charge is -2.12. The maximum absolute atomic E-state index is 12.3. The smallest absolute Gasteiger partial charge is 0.241 e. The van der Waals surface area contributed by atoms with Gasteiger partial charge in [0.25, 0.3) is 0 Å². The van der Waals surface area contributed by atoms with E-state index in [1.807, 2.05) is 0 Å². The van der Waals surface area contributed by atoms with Crippen molar-refractivity contribution in [2.75, 3.05) is 40.4 Å². The van der Waals surface area contributed by atoms with E-state index in [-0.39, 0.29) is 30.3 Å². The molecule has 0 spiro atoms. The number of likely N-dealkylation sites (N-methyl/N-ethyl adjacent to an activating group) is 1. The molecule has 0 atom stereocenters. The van der Waals surface area contributed by atoms with Crippen molar-refractivity contribution < 1.29 is 27.5 Å². The summed E-state index contributed by atoms with van der Waals surface area (Å²) >= 11 is 0. The number of amides is 2. The number of hydrogen-bond donors (Lipinski definition) is 2. The summed E-state index contributed by atoms with van der Waals surface area (Å²) in [5.41, 5.74) is 0. The normalized spacial score (nSPS) is 13.6. The molecule has 0 fully saturated rings. The molecule has 0 radical (unpaired) electrons. The Morgan fingerprint density at radius 2 is 1.85 bits per heavy atom. The second kappa shape index (κ2) is 8.86. The monoisotopic (exact) mass is 385 g/mol. The zero-order chi connectivity index (χ0) is 19.2. The lowest BCUT2D eigenvalue weighted by molar-refractivity contribution is -0.130. The van der Waals surface area contributed by atoms with Crippen molar-refractivity contribution in [2.24, 2.45) is 0 Å². The Bertz CT molecular complexity index is 763. The zero-order valence-corrected chi connectivity index (χ0v) is 15.6. The maximum atomic E-state index is 12.3. The minimum absolute atomic E-state index is 0.0324. The van der Waals surface area contributed by atoms with Gasteiger partial charge in [-0.3, -0.25) is 9.59 Å². The first-order chi connectivity index (χ1) is 12.3. The average Bonchev–Trinajstić information content (AvgIpc) is 2.84. The van der Waals surface area contributed by atoms with E-state index in [1.54, 1.807) is 20.2 Å². The number of rotatable bonds is 7.